The summed E-state index contributed by atoms with van der Waals surface area (Å²) in [6, 6.07) is 0. The first kappa shape index (κ1) is 20.4. The molecular formula is C21H32O3. The molecule has 0 saturated heterocycles. The molecule has 0 fully saturated rings. The van der Waals surface area contributed by atoms with Crippen LogP contribution in [0.4, 0.5) is 0 Å². The highest BCUT2D eigenvalue weighted by Gasteiger charge is 2.26. The summed E-state index contributed by atoms with van der Waals surface area (Å²) in [4.78, 5) is 23.0. The lowest BCUT2D eigenvalue weighted by Crippen LogP contribution is -2.12. The Balaban J connectivity index is 2.27. The van der Waals surface area contributed by atoms with Crippen LogP contribution in [0.2, 0.25) is 0 Å². The SMILES string of the molecule is CCCCC/C=C\C[C@@H]1C=CC(=O)[C@H]1/C=C\CCCCC(=O)OC. The average molecular weight is 332 g/mol. The smallest absolute Gasteiger partial charge is 0.305 e. The molecule has 1 rings (SSSR count). The Morgan fingerprint density at radius 3 is 2.62 bits per heavy atom. The van der Waals surface area contributed by atoms with Gasteiger partial charge in [-0.05, 0) is 50.5 Å². The lowest BCUT2D eigenvalue weighted by molar-refractivity contribution is -0.140. The average Bonchev–Trinajstić information content (AvgIpc) is 2.94. The number of methoxy groups -OCH3 is 1. The molecule has 0 aliphatic heterocycles. The summed E-state index contributed by atoms with van der Waals surface area (Å²) in [5.74, 6) is 0.349. The van der Waals surface area contributed by atoms with E-state index in [9.17, 15) is 9.59 Å². The highest BCUT2D eigenvalue weighted by Crippen LogP contribution is 2.27. The van der Waals surface area contributed by atoms with Crippen LogP contribution >= 0.6 is 0 Å². The van der Waals surface area contributed by atoms with E-state index in [1.165, 1.54) is 26.4 Å². The van der Waals surface area contributed by atoms with Gasteiger partial charge in [0, 0.05) is 12.3 Å². The van der Waals surface area contributed by atoms with Gasteiger partial charge >= 0.3 is 5.97 Å². The zero-order valence-electron chi connectivity index (χ0n) is 15.2. The monoisotopic (exact) mass is 332 g/mol. The molecule has 0 amide bonds. The van der Waals surface area contributed by atoms with Crippen LogP contribution < -0.4 is 0 Å². The van der Waals surface area contributed by atoms with E-state index in [0.29, 0.717) is 12.3 Å². The lowest BCUT2D eigenvalue weighted by atomic mass is 9.91. The van der Waals surface area contributed by atoms with Crippen LogP contribution in [0.3, 0.4) is 0 Å². The van der Waals surface area contributed by atoms with Gasteiger partial charge in [0.2, 0.25) is 0 Å². The van der Waals surface area contributed by atoms with Gasteiger partial charge in [-0.25, -0.2) is 0 Å². The third-order valence-corrected chi connectivity index (χ3v) is 4.42. The lowest BCUT2D eigenvalue weighted by Gasteiger charge is -2.12. The molecule has 0 spiro atoms. The highest BCUT2D eigenvalue weighted by molar-refractivity contribution is 5.95. The van der Waals surface area contributed by atoms with Crippen molar-refractivity contribution >= 4 is 11.8 Å². The molecule has 0 heterocycles. The van der Waals surface area contributed by atoms with Gasteiger partial charge < -0.3 is 4.74 Å². The summed E-state index contributed by atoms with van der Waals surface area (Å²) < 4.78 is 4.62. The summed E-state index contributed by atoms with van der Waals surface area (Å²) in [5.41, 5.74) is 0. The standard InChI is InChI=1S/C21H32O3/c1-3-4-5-6-7-10-13-18-16-17-20(22)19(18)14-11-8-9-12-15-21(23)24-2/h7,10-11,14,16-19H,3-6,8-9,12-13,15H2,1-2H3/b10-7-,14-11-/t18-,19+/m1/s1. The number of rotatable bonds is 12. The first-order valence-corrected chi connectivity index (χ1v) is 9.29. The molecule has 0 radical (unpaired) electrons. The summed E-state index contributed by atoms with van der Waals surface area (Å²) in [7, 11) is 1.42. The van der Waals surface area contributed by atoms with E-state index in [1.807, 2.05) is 6.08 Å². The molecule has 134 valence electrons. The fraction of sp³-hybridized carbons (Fsp3) is 0.619. The Labute approximate surface area is 146 Å². The van der Waals surface area contributed by atoms with Gasteiger partial charge in [-0.15, -0.1) is 0 Å². The van der Waals surface area contributed by atoms with E-state index >= 15 is 0 Å². The van der Waals surface area contributed by atoms with E-state index in [1.54, 1.807) is 6.08 Å². The minimum absolute atomic E-state index is 0.00843. The van der Waals surface area contributed by atoms with Crippen molar-refractivity contribution in [2.75, 3.05) is 7.11 Å². The van der Waals surface area contributed by atoms with Crippen molar-refractivity contribution in [3.63, 3.8) is 0 Å². The quantitative estimate of drug-likeness (QED) is 0.281. The number of ketones is 1. The second kappa shape index (κ2) is 12.7. The molecule has 0 N–H and O–H groups in total. The normalized spacial score (nSPS) is 20.5. The third-order valence-electron chi connectivity index (χ3n) is 4.42. The maximum absolute atomic E-state index is 12.0. The van der Waals surface area contributed by atoms with Gasteiger partial charge in [0.1, 0.15) is 0 Å². The zero-order chi connectivity index (χ0) is 17.6. The molecule has 0 unspecified atom stereocenters. The summed E-state index contributed by atoms with van der Waals surface area (Å²) in [6.07, 6.45) is 21.4. The fourth-order valence-corrected chi connectivity index (χ4v) is 2.88. The number of hydrogen-bond acceptors (Lipinski definition) is 3. The molecule has 1 aliphatic carbocycles. The fourth-order valence-electron chi connectivity index (χ4n) is 2.88. The summed E-state index contributed by atoms with van der Waals surface area (Å²) in [5, 5.41) is 0. The third kappa shape index (κ3) is 8.28. The van der Waals surface area contributed by atoms with Crippen LogP contribution in [-0.4, -0.2) is 18.9 Å². The van der Waals surface area contributed by atoms with Gasteiger partial charge in [-0.2, -0.15) is 0 Å². The van der Waals surface area contributed by atoms with E-state index in [2.05, 4.69) is 36.0 Å². The molecule has 0 aromatic carbocycles. The number of unbranched alkanes of at least 4 members (excludes halogenated alkanes) is 5. The second-order valence-electron chi connectivity index (χ2n) is 6.40. The minimum Gasteiger partial charge on any atom is -0.469 e. The number of carbonyl (C=O) groups is 2. The van der Waals surface area contributed by atoms with Gasteiger partial charge in [-0.1, -0.05) is 50.1 Å². The first-order valence-electron chi connectivity index (χ1n) is 9.29. The Morgan fingerprint density at radius 2 is 1.88 bits per heavy atom. The number of esters is 1. The number of ether oxygens (including phenoxy) is 1. The van der Waals surface area contributed by atoms with Gasteiger partial charge in [0.05, 0.1) is 7.11 Å². The largest absolute Gasteiger partial charge is 0.469 e. The van der Waals surface area contributed by atoms with Crippen molar-refractivity contribution in [2.45, 2.75) is 64.7 Å². The van der Waals surface area contributed by atoms with Crippen LogP contribution in [0.5, 0.6) is 0 Å². The minimum atomic E-state index is -0.153. The second-order valence-corrected chi connectivity index (χ2v) is 6.40. The van der Waals surface area contributed by atoms with E-state index < -0.39 is 0 Å². The molecule has 2 atom stereocenters. The van der Waals surface area contributed by atoms with Gasteiger partial charge in [0.15, 0.2) is 5.78 Å². The first-order chi connectivity index (χ1) is 11.7. The zero-order valence-corrected chi connectivity index (χ0v) is 15.2. The van der Waals surface area contributed by atoms with Crippen LogP contribution in [0, 0.1) is 11.8 Å². The summed E-state index contributed by atoms with van der Waals surface area (Å²) in [6.45, 7) is 2.21. The molecule has 0 aromatic rings. The van der Waals surface area contributed by atoms with Crippen LogP contribution in [0.25, 0.3) is 0 Å². The molecule has 3 heteroatoms. The van der Waals surface area contributed by atoms with E-state index in [4.69, 9.17) is 0 Å². The molecule has 0 aromatic heterocycles. The van der Waals surface area contributed by atoms with Crippen LogP contribution in [0.1, 0.15) is 64.7 Å². The highest BCUT2D eigenvalue weighted by atomic mass is 16.5. The van der Waals surface area contributed by atoms with Crippen molar-refractivity contribution in [1.29, 1.82) is 0 Å². The van der Waals surface area contributed by atoms with E-state index in [0.717, 1.165) is 32.1 Å². The molecule has 1 aliphatic rings. The molecule has 0 bridgehead atoms. The van der Waals surface area contributed by atoms with E-state index in [-0.39, 0.29) is 17.7 Å². The molecular weight excluding hydrogens is 300 g/mol. The van der Waals surface area contributed by atoms with Crippen molar-refractivity contribution < 1.29 is 14.3 Å². The Bertz CT molecular complexity index is 460. The Morgan fingerprint density at radius 1 is 1.12 bits per heavy atom. The predicted molar refractivity (Wildman–Crippen MR) is 98.7 cm³/mol. The topological polar surface area (TPSA) is 43.4 Å². The number of hydrogen-bond donors (Lipinski definition) is 0. The Kier molecular flexibility index (Phi) is 10.8. The molecule has 24 heavy (non-hydrogen) atoms. The number of allylic oxidation sites excluding steroid dienone is 6. The maximum Gasteiger partial charge on any atom is 0.305 e. The van der Waals surface area contributed by atoms with Gasteiger partial charge in [-0.3, -0.25) is 9.59 Å². The Hall–Kier alpha value is -1.64. The molecule has 0 saturated carbocycles. The summed E-state index contributed by atoms with van der Waals surface area (Å²) >= 11 is 0. The van der Waals surface area contributed by atoms with Crippen molar-refractivity contribution in [1.82, 2.24) is 0 Å². The van der Waals surface area contributed by atoms with Crippen LogP contribution in [0.15, 0.2) is 36.5 Å². The predicted octanol–water partition coefficient (Wildman–Crippen LogP) is 5.17. The van der Waals surface area contributed by atoms with Crippen molar-refractivity contribution in [3.05, 3.63) is 36.5 Å². The molecule has 3 nitrogen and oxygen atoms in total. The van der Waals surface area contributed by atoms with Crippen molar-refractivity contribution in [3.8, 4) is 0 Å². The van der Waals surface area contributed by atoms with Crippen molar-refractivity contribution in [2.24, 2.45) is 11.8 Å². The maximum atomic E-state index is 12.0. The van der Waals surface area contributed by atoms with Crippen LogP contribution in [-0.2, 0) is 14.3 Å². The van der Waals surface area contributed by atoms with Gasteiger partial charge in [0.25, 0.3) is 0 Å². The number of carbonyl (C=O) groups excluding carboxylic acids is 2.